The van der Waals surface area contributed by atoms with Crippen LogP contribution in [-0.2, 0) is 13.1 Å². The second-order valence-corrected chi connectivity index (χ2v) is 7.42. The van der Waals surface area contributed by atoms with E-state index in [1.165, 1.54) is 4.57 Å². The first-order valence-electron chi connectivity index (χ1n) is 9.70. The van der Waals surface area contributed by atoms with Crippen LogP contribution in [0.5, 0.6) is 5.75 Å². The standard InChI is InChI=1S/C24H20ClN3O3/c1-31-21-7-3-2-5-18(21)14-27-23(29)20-13-17-6-4-12-26-22(17)28(24(20)30)15-16-8-10-19(25)11-9-16/h2-13H,14-15H2,1H3,(H,27,29). The van der Waals surface area contributed by atoms with Gasteiger partial charge < -0.3 is 10.1 Å². The van der Waals surface area contributed by atoms with Crippen LogP contribution in [0.1, 0.15) is 21.5 Å². The quantitative estimate of drug-likeness (QED) is 0.498. The maximum Gasteiger partial charge on any atom is 0.265 e. The van der Waals surface area contributed by atoms with Crippen LogP contribution in [0.15, 0.2) is 77.7 Å². The summed E-state index contributed by atoms with van der Waals surface area (Å²) >= 11 is 5.97. The normalized spacial score (nSPS) is 10.8. The van der Waals surface area contributed by atoms with Gasteiger partial charge in [-0.25, -0.2) is 4.98 Å². The highest BCUT2D eigenvalue weighted by atomic mass is 35.5. The Hall–Kier alpha value is -3.64. The molecular weight excluding hydrogens is 414 g/mol. The Morgan fingerprint density at radius 3 is 2.65 bits per heavy atom. The predicted octanol–water partition coefficient (Wildman–Crippen LogP) is 4.04. The van der Waals surface area contributed by atoms with Crippen molar-refractivity contribution in [2.24, 2.45) is 0 Å². The van der Waals surface area contributed by atoms with Crippen molar-refractivity contribution in [2.75, 3.05) is 7.11 Å². The SMILES string of the molecule is COc1ccccc1CNC(=O)c1cc2cccnc2n(Cc2ccc(Cl)cc2)c1=O. The minimum atomic E-state index is -0.452. The summed E-state index contributed by atoms with van der Waals surface area (Å²) in [6.45, 7) is 0.516. The number of fused-ring (bicyclic) bond motifs is 1. The molecule has 1 N–H and O–H groups in total. The van der Waals surface area contributed by atoms with Crippen LogP contribution in [0.3, 0.4) is 0 Å². The second kappa shape index (κ2) is 9.02. The number of pyridine rings is 2. The summed E-state index contributed by atoms with van der Waals surface area (Å²) in [4.78, 5) is 30.5. The van der Waals surface area contributed by atoms with Gasteiger partial charge in [-0.3, -0.25) is 14.2 Å². The number of aromatic nitrogens is 2. The van der Waals surface area contributed by atoms with Crippen molar-refractivity contribution >= 4 is 28.5 Å². The lowest BCUT2D eigenvalue weighted by molar-refractivity contribution is 0.0949. The lowest BCUT2D eigenvalue weighted by Gasteiger charge is -2.13. The van der Waals surface area contributed by atoms with Crippen LogP contribution >= 0.6 is 11.6 Å². The first kappa shape index (κ1) is 20.6. The van der Waals surface area contributed by atoms with E-state index < -0.39 is 11.5 Å². The van der Waals surface area contributed by atoms with Gasteiger partial charge in [-0.05, 0) is 42.0 Å². The van der Waals surface area contributed by atoms with Gasteiger partial charge in [0.15, 0.2) is 0 Å². The van der Waals surface area contributed by atoms with Crippen molar-refractivity contribution in [3.05, 3.63) is 105 Å². The van der Waals surface area contributed by atoms with Crippen LogP contribution in [0.25, 0.3) is 11.0 Å². The van der Waals surface area contributed by atoms with E-state index in [9.17, 15) is 9.59 Å². The third kappa shape index (κ3) is 4.44. The van der Waals surface area contributed by atoms with E-state index >= 15 is 0 Å². The summed E-state index contributed by atoms with van der Waals surface area (Å²) < 4.78 is 6.83. The number of para-hydroxylation sites is 1. The van der Waals surface area contributed by atoms with E-state index in [4.69, 9.17) is 16.3 Å². The number of ether oxygens (including phenoxy) is 1. The Kier molecular flexibility index (Phi) is 6.00. The number of methoxy groups -OCH3 is 1. The summed E-state index contributed by atoms with van der Waals surface area (Å²) in [5.41, 5.74) is 1.87. The fourth-order valence-corrected chi connectivity index (χ4v) is 3.53. The van der Waals surface area contributed by atoms with E-state index in [-0.39, 0.29) is 18.7 Å². The third-order valence-electron chi connectivity index (χ3n) is 4.98. The van der Waals surface area contributed by atoms with Crippen LogP contribution in [0, 0.1) is 0 Å². The number of rotatable bonds is 6. The number of nitrogens with zero attached hydrogens (tertiary/aromatic N) is 2. The lowest BCUT2D eigenvalue weighted by Crippen LogP contribution is -2.33. The molecule has 4 rings (SSSR count). The number of benzene rings is 2. The molecule has 0 saturated heterocycles. The van der Waals surface area contributed by atoms with Gasteiger partial charge in [0.1, 0.15) is 17.0 Å². The van der Waals surface area contributed by atoms with Crippen molar-refractivity contribution in [1.82, 2.24) is 14.9 Å². The molecule has 2 aromatic heterocycles. The maximum absolute atomic E-state index is 13.2. The van der Waals surface area contributed by atoms with Gasteiger partial charge in [0.2, 0.25) is 0 Å². The van der Waals surface area contributed by atoms with Crippen LogP contribution in [-0.4, -0.2) is 22.6 Å². The first-order valence-corrected chi connectivity index (χ1v) is 10.1. The van der Waals surface area contributed by atoms with E-state index in [0.29, 0.717) is 21.8 Å². The molecule has 0 saturated carbocycles. The molecule has 0 bridgehead atoms. The summed E-state index contributed by atoms with van der Waals surface area (Å²) in [5.74, 6) is 0.220. The van der Waals surface area contributed by atoms with Crippen molar-refractivity contribution < 1.29 is 9.53 Å². The highest BCUT2D eigenvalue weighted by Gasteiger charge is 2.17. The molecule has 6 nitrogen and oxygen atoms in total. The fraction of sp³-hybridized carbons (Fsp3) is 0.125. The number of hydrogen-bond donors (Lipinski definition) is 1. The Balaban J connectivity index is 1.69. The molecule has 0 aliphatic heterocycles. The molecule has 7 heteroatoms. The zero-order valence-corrected chi connectivity index (χ0v) is 17.6. The molecule has 0 fully saturated rings. The van der Waals surface area contributed by atoms with Crippen molar-refractivity contribution in [3.63, 3.8) is 0 Å². The lowest BCUT2D eigenvalue weighted by atomic mass is 10.1. The Morgan fingerprint density at radius 1 is 1.10 bits per heavy atom. The second-order valence-electron chi connectivity index (χ2n) is 6.99. The van der Waals surface area contributed by atoms with Crippen molar-refractivity contribution in [2.45, 2.75) is 13.1 Å². The summed E-state index contributed by atoms with van der Waals surface area (Å²) in [5, 5.41) is 4.15. The minimum absolute atomic E-state index is 0.0596. The number of hydrogen-bond acceptors (Lipinski definition) is 4. The third-order valence-corrected chi connectivity index (χ3v) is 5.23. The Bertz CT molecular complexity index is 1300. The van der Waals surface area contributed by atoms with Crippen molar-refractivity contribution in [1.29, 1.82) is 0 Å². The van der Waals surface area contributed by atoms with Gasteiger partial charge in [-0.1, -0.05) is 41.9 Å². The van der Waals surface area contributed by atoms with Crippen LogP contribution in [0.4, 0.5) is 0 Å². The van der Waals surface area contributed by atoms with Crippen LogP contribution in [0.2, 0.25) is 5.02 Å². The fourth-order valence-electron chi connectivity index (χ4n) is 3.41. The number of amides is 1. The molecule has 31 heavy (non-hydrogen) atoms. The summed E-state index contributed by atoms with van der Waals surface area (Å²) in [6.07, 6.45) is 1.63. The molecule has 2 heterocycles. The number of nitrogens with one attached hydrogen (secondary N) is 1. The van der Waals surface area contributed by atoms with Gasteiger partial charge in [0, 0.05) is 28.7 Å². The maximum atomic E-state index is 13.2. The summed E-state index contributed by atoms with van der Waals surface area (Å²) in [7, 11) is 1.58. The molecule has 1 amide bonds. The van der Waals surface area contributed by atoms with E-state index in [0.717, 1.165) is 11.1 Å². The molecule has 0 atom stereocenters. The highest BCUT2D eigenvalue weighted by molar-refractivity contribution is 6.30. The van der Waals surface area contributed by atoms with E-state index in [2.05, 4.69) is 10.3 Å². The van der Waals surface area contributed by atoms with Gasteiger partial charge in [0.05, 0.1) is 13.7 Å². The smallest absolute Gasteiger partial charge is 0.265 e. The van der Waals surface area contributed by atoms with Crippen molar-refractivity contribution in [3.8, 4) is 5.75 Å². The largest absolute Gasteiger partial charge is 0.496 e. The van der Waals surface area contributed by atoms with Crippen LogP contribution < -0.4 is 15.6 Å². The van der Waals surface area contributed by atoms with E-state index in [1.54, 1.807) is 37.6 Å². The zero-order chi connectivity index (χ0) is 21.8. The highest BCUT2D eigenvalue weighted by Crippen LogP contribution is 2.18. The van der Waals surface area contributed by atoms with Gasteiger partial charge in [-0.15, -0.1) is 0 Å². The zero-order valence-electron chi connectivity index (χ0n) is 16.8. The number of halogens is 1. The topological polar surface area (TPSA) is 73.2 Å². The van der Waals surface area contributed by atoms with Gasteiger partial charge >= 0.3 is 0 Å². The molecule has 0 unspecified atom stereocenters. The Morgan fingerprint density at radius 2 is 1.87 bits per heavy atom. The predicted molar refractivity (Wildman–Crippen MR) is 121 cm³/mol. The number of carbonyl (C=O) groups is 1. The molecular formula is C24H20ClN3O3. The van der Waals surface area contributed by atoms with E-state index in [1.807, 2.05) is 42.5 Å². The molecule has 0 spiro atoms. The molecule has 156 valence electrons. The Labute approximate surface area is 184 Å². The monoisotopic (exact) mass is 433 g/mol. The first-order chi connectivity index (χ1) is 15.1. The molecule has 0 aliphatic carbocycles. The molecule has 0 aliphatic rings. The molecule has 0 radical (unpaired) electrons. The molecule has 2 aromatic carbocycles. The average molecular weight is 434 g/mol. The molecule has 4 aromatic rings. The minimum Gasteiger partial charge on any atom is -0.496 e. The average Bonchev–Trinajstić information content (AvgIpc) is 2.80. The van der Waals surface area contributed by atoms with Gasteiger partial charge in [0.25, 0.3) is 11.5 Å². The van der Waals surface area contributed by atoms with Gasteiger partial charge in [-0.2, -0.15) is 0 Å². The summed E-state index contributed by atoms with van der Waals surface area (Å²) in [6, 6.07) is 19.8. The number of carbonyl (C=O) groups excluding carboxylic acids is 1.